The summed E-state index contributed by atoms with van der Waals surface area (Å²) < 4.78 is 47.4. The van der Waals surface area contributed by atoms with Crippen LogP contribution in [0.4, 0.5) is 24.5 Å². The zero-order valence-electron chi connectivity index (χ0n) is 18.8. The normalized spacial score (nSPS) is 16.3. The van der Waals surface area contributed by atoms with Crippen LogP contribution in [0.15, 0.2) is 40.0 Å². The van der Waals surface area contributed by atoms with Gasteiger partial charge >= 0.3 is 0 Å². The lowest BCUT2D eigenvalue weighted by atomic mass is 10.0. The quantitative estimate of drug-likeness (QED) is 0.530. The third kappa shape index (κ3) is 4.75. The number of amides is 1. The Kier molecular flexibility index (Phi) is 6.07. The van der Waals surface area contributed by atoms with Gasteiger partial charge in [-0.1, -0.05) is 6.92 Å². The van der Waals surface area contributed by atoms with Crippen molar-refractivity contribution in [3.63, 3.8) is 0 Å². The lowest BCUT2D eigenvalue weighted by Gasteiger charge is -2.40. The Morgan fingerprint density at radius 3 is 2.68 bits per heavy atom. The number of alkyl halides is 2. The zero-order chi connectivity index (χ0) is 24.6. The maximum Gasteiger partial charge on any atom is 0.293 e. The number of hydrogen-bond donors (Lipinski definition) is 2. The number of benzene rings is 1. The van der Waals surface area contributed by atoms with Crippen LogP contribution in [0, 0.1) is 19.7 Å². The van der Waals surface area contributed by atoms with Crippen LogP contribution in [0.5, 0.6) is 0 Å². The predicted octanol–water partition coefficient (Wildman–Crippen LogP) is 3.10. The molecule has 1 aliphatic rings. The molecule has 1 saturated heterocycles. The van der Waals surface area contributed by atoms with Gasteiger partial charge in [-0.3, -0.25) is 4.79 Å². The molecule has 3 aromatic rings. The average molecular weight is 475 g/mol. The van der Waals surface area contributed by atoms with E-state index < -0.39 is 36.8 Å². The summed E-state index contributed by atoms with van der Waals surface area (Å²) in [6.45, 7) is 4.30. The van der Waals surface area contributed by atoms with Crippen LogP contribution >= 0.6 is 0 Å². The Hall–Kier alpha value is -3.83. The van der Waals surface area contributed by atoms with E-state index in [1.54, 1.807) is 13.8 Å². The van der Waals surface area contributed by atoms with Crippen LogP contribution in [0.1, 0.15) is 47.1 Å². The van der Waals surface area contributed by atoms with Crippen molar-refractivity contribution in [1.29, 1.82) is 0 Å². The molecule has 3 heterocycles. The summed E-state index contributed by atoms with van der Waals surface area (Å²) in [7, 11) is 0. The number of oxazole rings is 1. The van der Waals surface area contributed by atoms with Crippen molar-refractivity contribution in [2.75, 3.05) is 29.1 Å². The summed E-state index contributed by atoms with van der Waals surface area (Å²) in [5, 5.41) is 2.68. The first-order chi connectivity index (χ1) is 16.1. The average Bonchev–Trinajstić information content (AvgIpc) is 3.10. The number of nitrogen functional groups attached to an aromatic ring is 1. The molecule has 1 aliphatic heterocycles. The fraction of sp³-hybridized carbons (Fsp3) is 0.364. The first-order valence-electron chi connectivity index (χ1n) is 10.6. The van der Waals surface area contributed by atoms with Crippen molar-refractivity contribution >= 4 is 17.3 Å². The lowest BCUT2D eigenvalue weighted by Crippen LogP contribution is -2.56. The second-order valence-corrected chi connectivity index (χ2v) is 8.12. The summed E-state index contributed by atoms with van der Waals surface area (Å²) in [5.74, 6) is 2.68. The van der Waals surface area contributed by atoms with Crippen LogP contribution in [0.2, 0.25) is 0 Å². The minimum absolute atomic E-state index is 0.0773. The molecule has 0 radical (unpaired) electrons. The Labute approximate surface area is 193 Å². The number of rotatable bonds is 6. The summed E-state index contributed by atoms with van der Waals surface area (Å²) >= 11 is 0. The summed E-state index contributed by atoms with van der Waals surface area (Å²) in [6.07, 6.45) is 3.26. The van der Waals surface area contributed by atoms with Crippen LogP contribution in [-0.4, -0.2) is 39.6 Å². The smallest absolute Gasteiger partial charge is 0.293 e. The predicted molar refractivity (Wildman–Crippen MR) is 118 cm³/mol. The molecule has 0 bridgehead atoms. The molecule has 12 heteroatoms. The molecule has 1 aromatic carbocycles. The Bertz CT molecular complexity index is 1290. The van der Waals surface area contributed by atoms with Crippen molar-refractivity contribution in [3.05, 3.63) is 64.9 Å². The number of nitrogens with two attached hydrogens (primary N) is 1. The number of carbonyl (C=O) groups excluding carboxylic acids is 1. The number of nitrogens with one attached hydrogen (secondary N) is 1. The maximum atomic E-state index is 14.7. The molecule has 9 nitrogen and oxygen atoms in total. The van der Waals surface area contributed by atoms with Crippen LogP contribution in [0.3, 0.4) is 0 Å². The van der Waals surface area contributed by atoms with E-state index in [0.29, 0.717) is 29.4 Å². The first-order valence-corrected chi connectivity index (χ1v) is 10.6. The maximum absolute atomic E-state index is 14.7. The van der Waals surface area contributed by atoms with E-state index in [-0.39, 0.29) is 16.9 Å². The number of anilines is 2. The SMILES string of the molecule is CCC(N=c1ncc(N2CC(F)(F)C2)cn1N)c1cc(NC(=O)c2oc(C)nc2C)ccc1F. The lowest BCUT2D eigenvalue weighted by molar-refractivity contribution is -0.0263. The Morgan fingerprint density at radius 2 is 2.09 bits per heavy atom. The first kappa shape index (κ1) is 23.3. The highest BCUT2D eigenvalue weighted by atomic mass is 19.3. The molecular weight excluding hydrogens is 451 g/mol. The van der Waals surface area contributed by atoms with Gasteiger partial charge < -0.3 is 20.5 Å². The van der Waals surface area contributed by atoms with Gasteiger partial charge in [-0.15, -0.1) is 0 Å². The standard InChI is InChI=1S/C22H24F3N7O2/c1-4-18(30-21-27-8-15(9-32(21)26)31-10-22(24,25)11-31)16-7-14(5-6-17(16)23)29-20(33)19-12(2)28-13(3)34-19/h5-9,18H,4,10-11,26H2,1-3H3,(H,29,33). The molecule has 4 rings (SSSR count). The minimum atomic E-state index is -2.72. The van der Waals surface area contributed by atoms with Gasteiger partial charge in [-0.25, -0.2) is 32.8 Å². The molecule has 3 N–H and O–H groups in total. The van der Waals surface area contributed by atoms with Gasteiger partial charge in [-0.2, -0.15) is 0 Å². The van der Waals surface area contributed by atoms with Gasteiger partial charge in [0.25, 0.3) is 11.8 Å². The molecule has 1 atom stereocenters. The van der Waals surface area contributed by atoms with E-state index >= 15 is 0 Å². The fourth-order valence-electron chi connectivity index (χ4n) is 3.71. The van der Waals surface area contributed by atoms with Crippen molar-refractivity contribution in [2.24, 2.45) is 4.99 Å². The zero-order valence-corrected chi connectivity index (χ0v) is 18.8. The topological polar surface area (TPSA) is 115 Å². The summed E-state index contributed by atoms with van der Waals surface area (Å²) in [5.41, 5.74) is 1.58. The van der Waals surface area contributed by atoms with E-state index in [1.807, 2.05) is 6.92 Å². The highest BCUT2D eigenvalue weighted by Gasteiger charge is 2.44. The Balaban J connectivity index is 1.58. The highest BCUT2D eigenvalue weighted by molar-refractivity contribution is 6.02. The van der Waals surface area contributed by atoms with Gasteiger partial charge in [0.05, 0.1) is 42.9 Å². The second-order valence-electron chi connectivity index (χ2n) is 8.12. The van der Waals surface area contributed by atoms with E-state index in [9.17, 15) is 18.0 Å². The molecular formula is C22H24F3N7O2. The van der Waals surface area contributed by atoms with Crippen LogP contribution < -0.4 is 21.7 Å². The highest BCUT2D eigenvalue weighted by Crippen LogP contribution is 2.31. The monoisotopic (exact) mass is 475 g/mol. The number of aryl methyl sites for hydroxylation is 2. The summed E-state index contributed by atoms with van der Waals surface area (Å²) in [4.78, 5) is 26.7. The van der Waals surface area contributed by atoms with E-state index in [1.165, 1.54) is 35.5 Å². The van der Waals surface area contributed by atoms with E-state index in [2.05, 4.69) is 20.3 Å². The molecule has 34 heavy (non-hydrogen) atoms. The molecule has 180 valence electrons. The van der Waals surface area contributed by atoms with Gasteiger partial charge in [0.2, 0.25) is 11.4 Å². The number of hydrogen-bond acceptors (Lipinski definition) is 7. The van der Waals surface area contributed by atoms with E-state index in [4.69, 9.17) is 10.3 Å². The molecule has 2 aromatic heterocycles. The van der Waals surface area contributed by atoms with Crippen molar-refractivity contribution in [3.8, 4) is 0 Å². The van der Waals surface area contributed by atoms with Crippen molar-refractivity contribution in [2.45, 2.75) is 39.2 Å². The number of aromatic nitrogens is 3. The number of halogens is 3. The van der Waals surface area contributed by atoms with Crippen molar-refractivity contribution < 1.29 is 22.4 Å². The summed E-state index contributed by atoms with van der Waals surface area (Å²) in [6, 6.07) is 3.49. The van der Waals surface area contributed by atoms with Gasteiger partial charge in [0, 0.05) is 18.2 Å². The van der Waals surface area contributed by atoms with Crippen LogP contribution in [-0.2, 0) is 0 Å². The molecule has 1 fully saturated rings. The van der Waals surface area contributed by atoms with Gasteiger partial charge in [-0.05, 0) is 31.5 Å². The third-order valence-electron chi connectivity index (χ3n) is 5.40. The number of carbonyl (C=O) groups is 1. The third-order valence-corrected chi connectivity index (χ3v) is 5.40. The molecule has 1 amide bonds. The van der Waals surface area contributed by atoms with E-state index in [0.717, 1.165) is 4.68 Å². The fourth-order valence-corrected chi connectivity index (χ4v) is 3.71. The molecule has 1 unspecified atom stereocenters. The molecule has 0 aliphatic carbocycles. The molecule has 0 saturated carbocycles. The van der Waals surface area contributed by atoms with Gasteiger partial charge in [0.1, 0.15) is 5.82 Å². The Morgan fingerprint density at radius 1 is 1.35 bits per heavy atom. The number of nitrogens with zero attached hydrogens (tertiary/aromatic N) is 5. The molecule has 0 spiro atoms. The second kappa shape index (κ2) is 8.84. The van der Waals surface area contributed by atoms with Crippen LogP contribution in [0.25, 0.3) is 0 Å². The van der Waals surface area contributed by atoms with Crippen molar-refractivity contribution in [1.82, 2.24) is 14.6 Å². The largest absolute Gasteiger partial charge is 0.436 e. The van der Waals surface area contributed by atoms with Gasteiger partial charge in [0.15, 0.2) is 5.89 Å². The minimum Gasteiger partial charge on any atom is -0.436 e.